The summed E-state index contributed by atoms with van der Waals surface area (Å²) in [6.07, 6.45) is 0. The summed E-state index contributed by atoms with van der Waals surface area (Å²) in [5, 5.41) is 2.50. The van der Waals surface area contributed by atoms with E-state index in [4.69, 9.17) is 4.74 Å². The van der Waals surface area contributed by atoms with Gasteiger partial charge in [0.05, 0.1) is 0 Å². The lowest BCUT2D eigenvalue weighted by atomic mass is 10.4. The molecule has 0 spiro atoms. The lowest BCUT2D eigenvalue weighted by molar-refractivity contribution is -0.114. The van der Waals surface area contributed by atoms with Crippen molar-refractivity contribution in [2.45, 2.75) is 6.92 Å². The van der Waals surface area contributed by atoms with Gasteiger partial charge >= 0.3 is 0 Å². The minimum atomic E-state index is -0.563. The van der Waals surface area contributed by atoms with Gasteiger partial charge in [0, 0.05) is 13.0 Å². The lowest BCUT2D eigenvalue weighted by Gasteiger charge is -2.04. The molecule has 0 bridgehead atoms. The van der Waals surface area contributed by atoms with E-state index in [1.165, 1.54) is 6.92 Å². The molecule has 0 radical (unpaired) electrons. The van der Waals surface area contributed by atoms with Gasteiger partial charge in [-0.25, -0.2) is 4.39 Å². The van der Waals surface area contributed by atoms with Crippen LogP contribution in [0.5, 0.6) is 5.88 Å². The second-order valence-electron chi connectivity index (χ2n) is 2.58. The van der Waals surface area contributed by atoms with E-state index in [2.05, 4.69) is 10.3 Å². The van der Waals surface area contributed by atoms with E-state index in [1.54, 1.807) is 18.2 Å². The van der Waals surface area contributed by atoms with Crippen molar-refractivity contribution in [3.63, 3.8) is 0 Å². The molecule has 76 valence electrons. The Morgan fingerprint density at radius 2 is 2.43 bits per heavy atom. The fourth-order valence-corrected chi connectivity index (χ4v) is 0.888. The van der Waals surface area contributed by atoms with Gasteiger partial charge in [-0.2, -0.15) is 4.98 Å². The summed E-state index contributed by atoms with van der Waals surface area (Å²) in [7, 11) is 0. The largest absolute Gasteiger partial charge is 0.475 e. The molecule has 0 aliphatic carbocycles. The zero-order valence-corrected chi connectivity index (χ0v) is 7.79. The Balaban J connectivity index is 2.63. The number of rotatable bonds is 4. The number of carbonyl (C=O) groups is 1. The van der Waals surface area contributed by atoms with Crippen molar-refractivity contribution in [1.82, 2.24) is 4.98 Å². The summed E-state index contributed by atoms with van der Waals surface area (Å²) < 4.78 is 16.7. The highest BCUT2D eigenvalue weighted by atomic mass is 19.1. The van der Waals surface area contributed by atoms with Gasteiger partial charge in [0.1, 0.15) is 19.1 Å². The molecule has 1 amide bonds. The normalized spacial score (nSPS) is 9.57. The van der Waals surface area contributed by atoms with Crippen molar-refractivity contribution in [2.24, 2.45) is 0 Å². The highest BCUT2D eigenvalue weighted by molar-refractivity contribution is 5.87. The monoisotopic (exact) mass is 198 g/mol. The van der Waals surface area contributed by atoms with Crippen LogP contribution in [0.2, 0.25) is 0 Å². The van der Waals surface area contributed by atoms with E-state index >= 15 is 0 Å². The molecule has 14 heavy (non-hydrogen) atoms. The lowest BCUT2D eigenvalue weighted by Crippen LogP contribution is -2.08. The molecular weight excluding hydrogens is 187 g/mol. The van der Waals surface area contributed by atoms with Crippen LogP contribution in [0, 0.1) is 0 Å². The molecule has 0 fully saturated rings. The first-order valence-corrected chi connectivity index (χ1v) is 4.16. The number of ether oxygens (including phenoxy) is 1. The van der Waals surface area contributed by atoms with Crippen molar-refractivity contribution < 1.29 is 13.9 Å². The number of hydrogen-bond acceptors (Lipinski definition) is 3. The van der Waals surface area contributed by atoms with Crippen LogP contribution < -0.4 is 10.1 Å². The minimum absolute atomic E-state index is 0.0312. The third-order valence-electron chi connectivity index (χ3n) is 1.35. The first-order chi connectivity index (χ1) is 6.72. The van der Waals surface area contributed by atoms with E-state index in [-0.39, 0.29) is 12.5 Å². The van der Waals surface area contributed by atoms with Crippen LogP contribution in [0.3, 0.4) is 0 Å². The summed E-state index contributed by atoms with van der Waals surface area (Å²) in [5.41, 5.74) is 0. The van der Waals surface area contributed by atoms with Gasteiger partial charge in [-0.15, -0.1) is 0 Å². The Bertz CT molecular complexity index is 317. The fourth-order valence-electron chi connectivity index (χ4n) is 0.888. The number of alkyl halides is 1. The van der Waals surface area contributed by atoms with Crippen molar-refractivity contribution in [3.05, 3.63) is 18.2 Å². The van der Waals surface area contributed by atoms with Crippen LogP contribution in [-0.2, 0) is 4.79 Å². The maximum absolute atomic E-state index is 11.8. The van der Waals surface area contributed by atoms with Gasteiger partial charge in [-0.1, -0.05) is 6.07 Å². The molecular formula is C9H11FN2O2. The molecule has 0 saturated carbocycles. The van der Waals surface area contributed by atoms with E-state index in [1.807, 2.05) is 0 Å². The third-order valence-corrected chi connectivity index (χ3v) is 1.35. The van der Waals surface area contributed by atoms with Crippen LogP contribution in [0.25, 0.3) is 0 Å². The predicted molar refractivity (Wildman–Crippen MR) is 50.0 cm³/mol. The van der Waals surface area contributed by atoms with E-state index in [9.17, 15) is 9.18 Å². The van der Waals surface area contributed by atoms with Gasteiger partial charge in [-0.3, -0.25) is 4.79 Å². The Kier molecular flexibility index (Phi) is 3.84. The predicted octanol–water partition coefficient (Wildman–Crippen LogP) is 1.39. The van der Waals surface area contributed by atoms with Gasteiger partial charge < -0.3 is 10.1 Å². The van der Waals surface area contributed by atoms with E-state index in [0.717, 1.165) is 0 Å². The second-order valence-corrected chi connectivity index (χ2v) is 2.58. The topological polar surface area (TPSA) is 51.2 Å². The molecule has 0 saturated heterocycles. The average molecular weight is 198 g/mol. The van der Waals surface area contributed by atoms with Crippen molar-refractivity contribution in [1.29, 1.82) is 0 Å². The first-order valence-electron chi connectivity index (χ1n) is 4.16. The number of aromatic nitrogens is 1. The maximum Gasteiger partial charge on any atom is 0.222 e. The summed E-state index contributed by atoms with van der Waals surface area (Å²) in [6.45, 7) is 0.791. The van der Waals surface area contributed by atoms with Gasteiger partial charge in [0.2, 0.25) is 11.8 Å². The molecule has 1 heterocycles. The summed E-state index contributed by atoms with van der Waals surface area (Å²) in [4.78, 5) is 14.6. The summed E-state index contributed by atoms with van der Waals surface area (Å²) in [6, 6.07) is 4.90. The van der Waals surface area contributed by atoms with Crippen molar-refractivity contribution in [2.75, 3.05) is 18.6 Å². The van der Waals surface area contributed by atoms with E-state index < -0.39 is 6.67 Å². The number of hydrogen-bond donors (Lipinski definition) is 1. The average Bonchev–Trinajstić information content (AvgIpc) is 2.14. The molecule has 1 aromatic rings. The Morgan fingerprint density at radius 3 is 3.07 bits per heavy atom. The standard InChI is InChI=1S/C9H11FN2O2/c1-7(13)11-8-3-2-4-9(12-8)14-6-5-10/h2-4H,5-6H2,1H3,(H,11,12,13). The molecule has 1 N–H and O–H groups in total. The Morgan fingerprint density at radius 1 is 1.64 bits per heavy atom. The number of anilines is 1. The Labute approximate surface area is 81.1 Å². The minimum Gasteiger partial charge on any atom is -0.475 e. The molecule has 5 heteroatoms. The zero-order valence-electron chi connectivity index (χ0n) is 7.79. The molecule has 4 nitrogen and oxygen atoms in total. The quantitative estimate of drug-likeness (QED) is 0.795. The molecule has 1 aromatic heterocycles. The molecule has 0 aliphatic heterocycles. The van der Waals surface area contributed by atoms with Crippen LogP contribution in [0.1, 0.15) is 6.92 Å². The number of halogens is 1. The van der Waals surface area contributed by atoms with Crippen LogP contribution in [-0.4, -0.2) is 24.2 Å². The highest BCUT2D eigenvalue weighted by Crippen LogP contribution is 2.10. The molecule has 1 rings (SSSR count). The number of nitrogens with one attached hydrogen (secondary N) is 1. The molecule has 0 atom stereocenters. The first kappa shape index (κ1) is 10.4. The number of amides is 1. The van der Waals surface area contributed by atoms with Gasteiger partial charge in [-0.05, 0) is 6.07 Å². The van der Waals surface area contributed by atoms with Gasteiger partial charge in [0.25, 0.3) is 0 Å². The number of pyridine rings is 1. The third kappa shape index (κ3) is 3.38. The molecule has 0 aromatic carbocycles. The number of carbonyl (C=O) groups excluding carboxylic acids is 1. The van der Waals surface area contributed by atoms with Crippen LogP contribution in [0.4, 0.5) is 10.2 Å². The van der Waals surface area contributed by atoms with Crippen molar-refractivity contribution in [3.8, 4) is 5.88 Å². The number of nitrogens with zero attached hydrogens (tertiary/aromatic N) is 1. The summed E-state index contributed by atoms with van der Waals surface area (Å²) >= 11 is 0. The van der Waals surface area contributed by atoms with Crippen LogP contribution >= 0.6 is 0 Å². The molecule has 0 unspecified atom stereocenters. The maximum atomic E-state index is 11.8. The smallest absolute Gasteiger partial charge is 0.222 e. The second kappa shape index (κ2) is 5.16. The van der Waals surface area contributed by atoms with E-state index in [0.29, 0.717) is 11.7 Å². The SMILES string of the molecule is CC(=O)Nc1cccc(OCCF)n1. The van der Waals surface area contributed by atoms with Crippen molar-refractivity contribution >= 4 is 11.7 Å². The van der Waals surface area contributed by atoms with Gasteiger partial charge in [0.15, 0.2) is 0 Å². The zero-order chi connectivity index (χ0) is 10.4. The fraction of sp³-hybridized carbons (Fsp3) is 0.333. The van der Waals surface area contributed by atoms with Crippen LogP contribution in [0.15, 0.2) is 18.2 Å². The summed E-state index contributed by atoms with van der Waals surface area (Å²) in [5.74, 6) is 0.489. The molecule has 0 aliphatic rings. The highest BCUT2D eigenvalue weighted by Gasteiger charge is 1.99. The Hall–Kier alpha value is -1.65.